The monoisotopic (exact) mass is 424 g/mol. The van der Waals surface area contributed by atoms with Gasteiger partial charge >= 0.3 is 0 Å². The second-order valence-electron chi connectivity index (χ2n) is 3.61. The average Bonchev–Trinajstić information content (AvgIpc) is 2.66. The van der Waals surface area contributed by atoms with Crippen molar-refractivity contribution < 1.29 is 4.92 Å². The molecule has 0 saturated heterocycles. The van der Waals surface area contributed by atoms with E-state index in [1.165, 1.54) is 12.1 Å². The van der Waals surface area contributed by atoms with Crippen LogP contribution >= 0.6 is 54.8 Å². The van der Waals surface area contributed by atoms with Crippen molar-refractivity contribution in [2.75, 3.05) is 5.32 Å². The highest BCUT2D eigenvalue weighted by Gasteiger charge is 2.14. The number of thiophene rings is 1. The molecule has 1 heterocycles. The number of hydrogen-bond acceptors (Lipinski definition) is 4. The van der Waals surface area contributed by atoms with Gasteiger partial charge in [-0.25, -0.2) is 0 Å². The van der Waals surface area contributed by atoms with Crippen LogP contribution in [0.2, 0.25) is 5.02 Å². The number of hydrogen-bond donors (Lipinski definition) is 1. The third kappa shape index (κ3) is 3.68. The highest BCUT2D eigenvalue weighted by molar-refractivity contribution is 9.13. The topological polar surface area (TPSA) is 55.2 Å². The van der Waals surface area contributed by atoms with Gasteiger partial charge in [-0.15, -0.1) is 11.3 Å². The maximum atomic E-state index is 10.9. The van der Waals surface area contributed by atoms with Crippen molar-refractivity contribution >= 4 is 66.2 Å². The third-order valence-electron chi connectivity index (χ3n) is 2.30. The predicted molar refractivity (Wildman–Crippen MR) is 85.2 cm³/mol. The summed E-state index contributed by atoms with van der Waals surface area (Å²) in [7, 11) is 0. The van der Waals surface area contributed by atoms with Gasteiger partial charge in [0.1, 0.15) is 5.69 Å². The lowest BCUT2D eigenvalue weighted by Crippen LogP contribution is -2.01. The average molecular weight is 427 g/mol. The van der Waals surface area contributed by atoms with Gasteiger partial charge in [0.15, 0.2) is 0 Å². The summed E-state index contributed by atoms with van der Waals surface area (Å²) >= 11 is 14.2. The summed E-state index contributed by atoms with van der Waals surface area (Å²) in [5.41, 5.74) is 0.428. The van der Waals surface area contributed by atoms with Gasteiger partial charge in [0, 0.05) is 27.0 Å². The first-order valence-electron chi connectivity index (χ1n) is 5.09. The van der Waals surface area contributed by atoms with Crippen LogP contribution in [0.5, 0.6) is 0 Å². The van der Waals surface area contributed by atoms with E-state index in [4.69, 9.17) is 11.6 Å². The Labute approximate surface area is 135 Å². The molecule has 0 atom stereocenters. The van der Waals surface area contributed by atoms with E-state index in [-0.39, 0.29) is 5.69 Å². The quantitative estimate of drug-likeness (QED) is 0.523. The van der Waals surface area contributed by atoms with Gasteiger partial charge in [0.05, 0.1) is 8.71 Å². The smallest absolute Gasteiger partial charge is 0.292 e. The lowest BCUT2D eigenvalue weighted by atomic mass is 10.2. The number of nitrogens with zero attached hydrogens (tertiary/aromatic N) is 1. The number of nitrogens with one attached hydrogen (secondary N) is 1. The summed E-state index contributed by atoms with van der Waals surface area (Å²) < 4.78 is 1.96. The lowest BCUT2D eigenvalue weighted by molar-refractivity contribution is -0.384. The van der Waals surface area contributed by atoms with Crippen molar-refractivity contribution in [3.63, 3.8) is 0 Å². The van der Waals surface area contributed by atoms with Gasteiger partial charge in [-0.05, 0) is 50.1 Å². The normalized spacial score (nSPS) is 10.5. The summed E-state index contributed by atoms with van der Waals surface area (Å²) in [5, 5.41) is 14.4. The first kappa shape index (κ1) is 14.8. The number of rotatable bonds is 4. The molecule has 1 aromatic carbocycles. The first-order chi connectivity index (χ1) is 8.97. The number of halogens is 3. The van der Waals surface area contributed by atoms with E-state index < -0.39 is 4.92 Å². The molecule has 0 unspecified atom stereocenters. The molecule has 8 heteroatoms. The molecule has 0 bridgehead atoms. The van der Waals surface area contributed by atoms with E-state index in [0.29, 0.717) is 17.3 Å². The molecule has 0 fully saturated rings. The van der Waals surface area contributed by atoms with Crippen molar-refractivity contribution in [1.29, 1.82) is 0 Å². The molecular formula is C11H7Br2ClN2O2S. The third-order valence-corrected chi connectivity index (χ3v) is 5.80. The van der Waals surface area contributed by atoms with Crippen molar-refractivity contribution in [3.8, 4) is 0 Å². The van der Waals surface area contributed by atoms with Crippen LogP contribution < -0.4 is 5.32 Å². The van der Waals surface area contributed by atoms with E-state index in [1.807, 2.05) is 6.07 Å². The zero-order chi connectivity index (χ0) is 14.0. The van der Waals surface area contributed by atoms with Crippen LogP contribution in [0.25, 0.3) is 0 Å². The van der Waals surface area contributed by atoms with Crippen LogP contribution in [0, 0.1) is 10.1 Å². The second kappa shape index (κ2) is 6.21. The Morgan fingerprint density at radius 2 is 2.11 bits per heavy atom. The van der Waals surface area contributed by atoms with E-state index in [0.717, 1.165) is 13.1 Å². The van der Waals surface area contributed by atoms with Gasteiger partial charge in [-0.3, -0.25) is 10.1 Å². The molecule has 1 aromatic heterocycles. The first-order valence-corrected chi connectivity index (χ1v) is 7.87. The van der Waals surface area contributed by atoms with Crippen LogP contribution in [0.3, 0.4) is 0 Å². The molecule has 0 aliphatic carbocycles. The Kier molecular flexibility index (Phi) is 4.83. The highest BCUT2D eigenvalue weighted by atomic mass is 79.9. The lowest BCUT2D eigenvalue weighted by Gasteiger charge is -2.06. The van der Waals surface area contributed by atoms with Gasteiger partial charge in [-0.2, -0.15) is 0 Å². The number of nitro groups is 1. The molecule has 0 radical (unpaired) electrons. The van der Waals surface area contributed by atoms with Crippen molar-refractivity contribution in [1.82, 2.24) is 0 Å². The Morgan fingerprint density at radius 3 is 2.68 bits per heavy atom. The minimum absolute atomic E-state index is 0.0130. The molecule has 0 spiro atoms. The largest absolute Gasteiger partial charge is 0.375 e. The van der Waals surface area contributed by atoms with Gasteiger partial charge in [-0.1, -0.05) is 11.6 Å². The second-order valence-corrected chi connectivity index (χ2v) is 7.35. The summed E-state index contributed by atoms with van der Waals surface area (Å²) in [6, 6.07) is 6.41. The maximum absolute atomic E-state index is 10.9. The fourth-order valence-electron chi connectivity index (χ4n) is 1.47. The molecule has 0 saturated carbocycles. The predicted octanol–water partition coefficient (Wildman–Crippen LogP) is 5.45. The Balaban J connectivity index is 2.19. The fourth-order valence-corrected chi connectivity index (χ4v) is 3.76. The van der Waals surface area contributed by atoms with Crippen LogP contribution in [0.15, 0.2) is 32.5 Å². The Morgan fingerprint density at radius 1 is 1.37 bits per heavy atom. The van der Waals surface area contributed by atoms with E-state index in [1.54, 1.807) is 17.4 Å². The zero-order valence-electron chi connectivity index (χ0n) is 9.32. The van der Waals surface area contributed by atoms with Crippen LogP contribution in [-0.4, -0.2) is 4.92 Å². The van der Waals surface area contributed by atoms with Crippen LogP contribution in [0.4, 0.5) is 11.4 Å². The molecule has 2 aromatic rings. The summed E-state index contributed by atoms with van der Waals surface area (Å²) in [6.07, 6.45) is 0. The van der Waals surface area contributed by atoms with Crippen molar-refractivity contribution in [2.45, 2.75) is 6.54 Å². The molecule has 0 aliphatic rings. The molecule has 4 nitrogen and oxygen atoms in total. The molecule has 0 aliphatic heterocycles. The van der Waals surface area contributed by atoms with Gasteiger partial charge in [0.2, 0.25) is 0 Å². The zero-order valence-corrected chi connectivity index (χ0v) is 14.1. The highest BCUT2D eigenvalue weighted by Crippen LogP contribution is 2.34. The van der Waals surface area contributed by atoms with Crippen molar-refractivity contribution in [2.24, 2.45) is 0 Å². The minimum atomic E-state index is -0.432. The molecule has 2 rings (SSSR count). The molecule has 19 heavy (non-hydrogen) atoms. The van der Waals surface area contributed by atoms with Gasteiger partial charge < -0.3 is 5.32 Å². The number of anilines is 1. The standard InChI is InChI=1S/C11H7Br2ClN2O2S/c12-8-4-7(19-11(8)13)5-15-9-3-6(14)1-2-10(9)16(17)18/h1-4,15H,5H2. The Bertz CT molecular complexity index is 614. The molecular weight excluding hydrogens is 419 g/mol. The van der Waals surface area contributed by atoms with E-state index in [2.05, 4.69) is 37.2 Å². The summed E-state index contributed by atoms with van der Waals surface area (Å²) in [4.78, 5) is 11.5. The number of benzene rings is 1. The molecule has 100 valence electrons. The molecule has 0 amide bonds. The van der Waals surface area contributed by atoms with Crippen LogP contribution in [-0.2, 0) is 6.54 Å². The maximum Gasteiger partial charge on any atom is 0.292 e. The fraction of sp³-hybridized carbons (Fsp3) is 0.0909. The summed E-state index contributed by atoms with van der Waals surface area (Å²) in [6.45, 7) is 0.496. The van der Waals surface area contributed by atoms with Gasteiger partial charge in [0.25, 0.3) is 5.69 Å². The molecule has 1 N–H and O–H groups in total. The number of nitro benzene ring substituents is 1. The van der Waals surface area contributed by atoms with Crippen LogP contribution in [0.1, 0.15) is 4.88 Å². The SMILES string of the molecule is O=[N+]([O-])c1ccc(Cl)cc1NCc1cc(Br)c(Br)s1. The van der Waals surface area contributed by atoms with Crippen molar-refractivity contribution in [3.05, 3.63) is 52.5 Å². The summed E-state index contributed by atoms with van der Waals surface area (Å²) in [5.74, 6) is 0. The Hall–Kier alpha value is -0.630. The van der Waals surface area contributed by atoms with E-state index >= 15 is 0 Å². The van der Waals surface area contributed by atoms with E-state index in [9.17, 15) is 10.1 Å². The minimum Gasteiger partial charge on any atom is -0.375 e.